The van der Waals surface area contributed by atoms with Gasteiger partial charge in [-0.25, -0.2) is 4.79 Å². The Morgan fingerprint density at radius 1 is 0.897 bits per heavy atom. The molecule has 2 aromatic rings. The monoisotopic (exact) mass is 532 g/mol. The highest BCUT2D eigenvalue weighted by atomic mass is 16.6. The number of carbonyl (C=O) groups excluding carboxylic acids is 3. The fourth-order valence-corrected chi connectivity index (χ4v) is 6.26. The molecule has 0 aliphatic carbocycles. The minimum atomic E-state index is -0.653. The number of rotatable bonds is 7. The summed E-state index contributed by atoms with van der Waals surface area (Å²) in [6.07, 6.45) is 1.67. The minimum absolute atomic E-state index is 0.0131. The van der Waals surface area contributed by atoms with Gasteiger partial charge in [0.05, 0.1) is 6.54 Å². The smallest absolute Gasteiger partial charge is 0.412 e. The summed E-state index contributed by atoms with van der Waals surface area (Å²) in [6.45, 7) is 6.40. The summed E-state index contributed by atoms with van der Waals surface area (Å²) in [5.41, 5.74) is 1.89. The Morgan fingerprint density at radius 2 is 1.51 bits per heavy atom. The van der Waals surface area contributed by atoms with Crippen LogP contribution in [0.1, 0.15) is 44.2 Å². The molecule has 0 unspecified atom stereocenters. The van der Waals surface area contributed by atoms with Gasteiger partial charge >= 0.3 is 6.09 Å². The number of carbonyl (C=O) groups is 3. The molecule has 208 valence electrons. The maximum Gasteiger partial charge on any atom is 0.412 e. The Hall–Kier alpha value is -3.39. The molecule has 2 aromatic carbocycles. The van der Waals surface area contributed by atoms with Crippen LogP contribution in [-0.4, -0.2) is 88.5 Å². The number of hydrogen-bond donors (Lipinski definition) is 0. The zero-order valence-corrected chi connectivity index (χ0v) is 23.2. The van der Waals surface area contributed by atoms with E-state index in [2.05, 4.69) is 25.8 Å². The second-order valence-electron chi connectivity index (χ2n) is 11.5. The lowest BCUT2D eigenvalue weighted by molar-refractivity contribution is -0.156. The summed E-state index contributed by atoms with van der Waals surface area (Å²) in [5.74, 6) is 0.0291. The summed E-state index contributed by atoms with van der Waals surface area (Å²) < 4.78 is 5.79. The van der Waals surface area contributed by atoms with E-state index in [1.54, 1.807) is 9.80 Å². The van der Waals surface area contributed by atoms with Gasteiger partial charge in [-0.15, -0.1) is 0 Å². The van der Waals surface area contributed by atoms with Gasteiger partial charge in [-0.1, -0.05) is 74.5 Å². The number of piperidine rings is 1. The van der Waals surface area contributed by atoms with E-state index in [0.717, 1.165) is 37.1 Å². The Labute approximate surface area is 231 Å². The van der Waals surface area contributed by atoms with E-state index in [9.17, 15) is 14.4 Å². The summed E-state index contributed by atoms with van der Waals surface area (Å²) in [4.78, 5) is 49.4. The number of likely N-dealkylation sites (tertiary alicyclic amines) is 1. The van der Waals surface area contributed by atoms with Crippen molar-refractivity contribution in [3.05, 3.63) is 71.8 Å². The number of hydrogen-bond acceptors (Lipinski definition) is 5. The molecule has 8 nitrogen and oxygen atoms in total. The first kappa shape index (κ1) is 27.2. The third kappa shape index (κ3) is 5.81. The van der Waals surface area contributed by atoms with Crippen molar-refractivity contribution in [2.45, 2.75) is 70.4 Å². The molecule has 5 rings (SSSR count). The quantitative estimate of drug-likeness (QED) is 0.543. The number of amides is 3. The fraction of sp³-hybridized carbons (Fsp3) is 0.516. The third-order valence-electron chi connectivity index (χ3n) is 8.29. The molecule has 0 bridgehead atoms. The molecule has 3 aliphatic rings. The van der Waals surface area contributed by atoms with Gasteiger partial charge in [0.2, 0.25) is 11.8 Å². The molecule has 3 heterocycles. The molecule has 0 N–H and O–H groups in total. The van der Waals surface area contributed by atoms with E-state index in [0.29, 0.717) is 19.4 Å². The van der Waals surface area contributed by atoms with E-state index in [1.807, 2.05) is 65.6 Å². The lowest BCUT2D eigenvalue weighted by atomic mass is 9.96. The SMILES string of the molecule is CC(C)C[C@@H]1C(=O)N2[C@H](CN(C3CCN(C)CC3)C(=O)[C@@H]2Cc2ccccc2)N1C(=O)OCc1ccccc1. The van der Waals surface area contributed by atoms with Crippen molar-refractivity contribution in [3.8, 4) is 0 Å². The van der Waals surface area contributed by atoms with Crippen molar-refractivity contribution in [2.24, 2.45) is 5.92 Å². The predicted molar refractivity (Wildman–Crippen MR) is 149 cm³/mol. The van der Waals surface area contributed by atoms with Gasteiger partial charge in [0.1, 0.15) is 24.9 Å². The van der Waals surface area contributed by atoms with Crippen molar-refractivity contribution in [2.75, 3.05) is 26.7 Å². The van der Waals surface area contributed by atoms with Crippen LogP contribution in [0.5, 0.6) is 0 Å². The van der Waals surface area contributed by atoms with E-state index in [4.69, 9.17) is 4.74 Å². The van der Waals surface area contributed by atoms with Crippen molar-refractivity contribution in [1.82, 2.24) is 19.6 Å². The van der Waals surface area contributed by atoms with Gasteiger partial charge in [0, 0.05) is 12.5 Å². The zero-order valence-electron chi connectivity index (χ0n) is 23.2. The fourth-order valence-electron chi connectivity index (χ4n) is 6.26. The maximum atomic E-state index is 14.1. The first-order chi connectivity index (χ1) is 18.8. The molecule has 0 aromatic heterocycles. The van der Waals surface area contributed by atoms with Crippen LogP contribution in [0.4, 0.5) is 4.79 Å². The normalized spacial score (nSPS) is 24.4. The highest BCUT2D eigenvalue weighted by Crippen LogP contribution is 2.36. The Bertz CT molecular complexity index is 1150. The second kappa shape index (κ2) is 11.8. The molecule has 3 aliphatic heterocycles. The van der Waals surface area contributed by atoms with E-state index in [1.165, 1.54) is 0 Å². The molecule has 3 saturated heterocycles. The van der Waals surface area contributed by atoms with Crippen LogP contribution in [-0.2, 0) is 27.4 Å². The second-order valence-corrected chi connectivity index (χ2v) is 11.5. The Morgan fingerprint density at radius 3 is 2.13 bits per heavy atom. The van der Waals surface area contributed by atoms with Crippen LogP contribution in [0.3, 0.4) is 0 Å². The summed E-state index contributed by atoms with van der Waals surface area (Å²) in [7, 11) is 2.10. The molecule has 0 saturated carbocycles. The molecular formula is C31H40N4O4. The highest BCUT2D eigenvalue weighted by Gasteiger charge is 2.57. The maximum absolute atomic E-state index is 14.1. The van der Waals surface area contributed by atoms with Crippen LogP contribution in [0, 0.1) is 5.92 Å². The van der Waals surface area contributed by atoms with Crippen LogP contribution in [0.2, 0.25) is 0 Å². The lowest BCUT2D eigenvalue weighted by Gasteiger charge is -2.48. The van der Waals surface area contributed by atoms with E-state index in [-0.39, 0.29) is 30.4 Å². The van der Waals surface area contributed by atoms with Crippen LogP contribution in [0.25, 0.3) is 0 Å². The first-order valence-electron chi connectivity index (χ1n) is 14.2. The number of fused-ring (bicyclic) bond motifs is 1. The molecule has 3 atom stereocenters. The van der Waals surface area contributed by atoms with Crippen molar-refractivity contribution < 1.29 is 19.1 Å². The molecule has 39 heavy (non-hydrogen) atoms. The Kier molecular flexibility index (Phi) is 8.21. The van der Waals surface area contributed by atoms with Crippen LogP contribution < -0.4 is 0 Å². The average Bonchev–Trinajstić information content (AvgIpc) is 3.20. The van der Waals surface area contributed by atoms with Gasteiger partial charge in [-0.2, -0.15) is 0 Å². The Balaban J connectivity index is 1.47. The van der Waals surface area contributed by atoms with Gasteiger partial charge in [0.15, 0.2) is 0 Å². The number of benzene rings is 2. The molecule has 0 radical (unpaired) electrons. The largest absolute Gasteiger partial charge is 0.444 e. The summed E-state index contributed by atoms with van der Waals surface area (Å²) >= 11 is 0. The van der Waals surface area contributed by atoms with Crippen LogP contribution in [0.15, 0.2) is 60.7 Å². The first-order valence-corrected chi connectivity index (χ1v) is 14.2. The van der Waals surface area contributed by atoms with E-state index >= 15 is 0 Å². The van der Waals surface area contributed by atoms with Crippen molar-refractivity contribution in [1.29, 1.82) is 0 Å². The van der Waals surface area contributed by atoms with Gasteiger partial charge in [0.25, 0.3) is 0 Å². The molecule has 3 amide bonds. The predicted octanol–water partition coefficient (Wildman–Crippen LogP) is 3.76. The van der Waals surface area contributed by atoms with Crippen LogP contribution >= 0.6 is 0 Å². The van der Waals surface area contributed by atoms with Gasteiger partial charge in [-0.3, -0.25) is 14.5 Å². The number of piperazine rings is 1. The molecular weight excluding hydrogens is 492 g/mol. The lowest BCUT2D eigenvalue weighted by Crippen LogP contribution is -2.66. The number of nitrogens with zero attached hydrogens (tertiary/aromatic N) is 4. The molecule has 3 fully saturated rings. The molecule has 8 heteroatoms. The molecule has 0 spiro atoms. The van der Waals surface area contributed by atoms with Crippen molar-refractivity contribution in [3.63, 3.8) is 0 Å². The highest BCUT2D eigenvalue weighted by molar-refractivity contribution is 5.95. The standard InChI is InChI=1S/C31H40N4O4/c1-22(2)18-26-30(37)34-27(19-23-10-6-4-7-11-23)29(36)33(25-14-16-32(3)17-15-25)20-28(34)35(26)31(38)39-21-24-12-8-5-9-13-24/h4-13,22,25-28H,14-21H2,1-3H3/t26-,27+,28+/m1/s1. The van der Waals surface area contributed by atoms with Gasteiger partial charge in [-0.05, 0) is 56.4 Å². The number of ether oxygens (including phenoxy) is 1. The zero-order chi connectivity index (χ0) is 27.5. The minimum Gasteiger partial charge on any atom is -0.444 e. The summed E-state index contributed by atoms with van der Waals surface area (Å²) in [6, 6.07) is 18.2. The average molecular weight is 533 g/mol. The topological polar surface area (TPSA) is 73.4 Å². The van der Waals surface area contributed by atoms with E-state index < -0.39 is 24.3 Å². The van der Waals surface area contributed by atoms with Gasteiger partial charge < -0.3 is 19.4 Å². The third-order valence-corrected chi connectivity index (χ3v) is 8.29. The van der Waals surface area contributed by atoms with Crippen molar-refractivity contribution >= 4 is 17.9 Å². The summed E-state index contributed by atoms with van der Waals surface area (Å²) in [5, 5.41) is 0.